The molecule has 162 valence electrons. The molecule has 1 aliphatic rings. The number of aryl methyl sites for hydroxylation is 2. The van der Waals surface area contributed by atoms with Crippen LogP contribution < -0.4 is 10.2 Å². The fourth-order valence-electron chi connectivity index (χ4n) is 3.82. The smallest absolute Gasteiger partial charge is 0.282 e. The first kappa shape index (κ1) is 21.8. The van der Waals surface area contributed by atoms with Crippen molar-refractivity contribution in [1.29, 1.82) is 0 Å². The maximum Gasteiger partial charge on any atom is 0.282 e. The van der Waals surface area contributed by atoms with Crippen molar-refractivity contribution in [3.05, 3.63) is 99.7 Å². The number of nitrogens with zero attached hydrogens (tertiary/aromatic N) is 1. The molecule has 0 aromatic heterocycles. The van der Waals surface area contributed by atoms with Gasteiger partial charge < -0.3 is 5.32 Å². The first-order chi connectivity index (χ1) is 15.3. The van der Waals surface area contributed by atoms with E-state index in [1.165, 1.54) is 10.5 Å². The van der Waals surface area contributed by atoms with Gasteiger partial charge in [-0.05, 0) is 66.8 Å². The molecule has 3 aromatic rings. The highest BCUT2D eigenvalue weighted by Gasteiger charge is 2.40. The zero-order chi connectivity index (χ0) is 23.0. The summed E-state index contributed by atoms with van der Waals surface area (Å²) >= 11 is 6.10. The Labute approximate surface area is 193 Å². The number of rotatable bonds is 5. The van der Waals surface area contributed by atoms with Gasteiger partial charge in [0.15, 0.2) is 0 Å². The van der Waals surface area contributed by atoms with E-state index in [1.54, 1.807) is 18.2 Å². The highest BCUT2D eigenvalue weighted by Crippen LogP contribution is 2.36. The molecule has 5 heteroatoms. The van der Waals surface area contributed by atoms with Gasteiger partial charge in [0.25, 0.3) is 11.8 Å². The minimum Gasteiger partial charge on any atom is -0.350 e. The lowest BCUT2D eigenvalue weighted by molar-refractivity contribution is -0.120. The van der Waals surface area contributed by atoms with E-state index in [1.807, 2.05) is 62.4 Å². The fourth-order valence-corrected chi connectivity index (χ4v) is 4.04. The molecule has 0 bridgehead atoms. The summed E-state index contributed by atoms with van der Waals surface area (Å²) in [6, 6.07) is 20.7. The quantitative estimate of drug-likeness (QED) is 0.458. The van der Waals surface area contributed by atoms with Crippen LogP contribution in [0, 0.1) is 13.8 Å². The predicted molar refractivity (Wildman–Crippen MR) is 131 cm³/mol. The van der Waals surface area contributed by atoms with Crippen LogP contribution in [0.15, 0.2) is 72.4 Å². The average molecular weight is 445 g/mol. The van der Waals surface area contributed by atoms with Gasteiger partial charge in [0.05, 0.1) is 11.3 Å². The number of nitrogens with one attached hydrogen (secondary N) is 1. The molecule has 0 unspecified atom stereocenters. The van der Waals surface area contributed by atoms with E-state index < -0.39 is 0 Å². The van der Waals surface area contributed by atoms with Gasteiger partial charge in [0.1, 0.15) is 5.70 Å². The van der Waals surface area contributed by atoms with Crippen molar-refractivity contribution >= 4 is 40.4 Å². The van der Waals surface area contributed by atoms with Crippen LogP contribution in [0.2, 0.25) is 5.02 Å². The Kier molecular flexibility index (Phi) is 5.90. The van der Waals surface area contributed by atoms with Gasteiger partial charge in [-0.15, -0.1) is 0 Å². The fraction of sp³-hybridized carbons (Fsp3) is 0.185. The predicted octanol–water partition coefficient (Wildman–Crippen LogP) is 6.48. The van der Waals surface area contributed by atoms with Crippen LogP contribution in [-0.2, 0) is 9.59 Å². The monoisotopic (exact) mass is 444 g/mol. The number of carbonyl (C=O) groups is 2. The van der Waals surface area contributed by atoms with E-state index in [4.69, 9.17) is 11.6 Å². The first-order valence-corrected chi connectivity index (χ1v) is 11.0. The Morgan fingerprint density at radius 3 is 2.09 bits per heavy atom. The van der Waals surface area contributed by atoms with Crippen molar-refractivity contribution < 1.29 is 9.59 Å². The largest absolute Gasteiger partial charge is 0.350 e. The molecule has 1 N–H and O–H groups in total. The Morgan fingerprint density at radius 1 is 0.844 bits per heavy atom. The molecule has 32 heavy (non-hydrogen) atoms. The van der Waals surface area contributed by atoms with Crippen molar-refractivity contribution in [2.75, 3.05) is 10.2 Å². The van der Waals surface area contributed by atoms with Gasteiger partial charge in [-0.25, -0.2) is 4.90 Å². The maximum atomic E-state index is 13.6. The summed E-state index contributed by atoms with van der Waals surface area (Å²) < 4.78 is 0. The highest BCUT2D eigenvalue weighted by molar-refractivity contribution is 6.46. The molecule has 0 spiro atoms. The summed E-state index contributed by atoms with van der Waals surface area (Å²) in [5, 5.41) is 3.78. The second-order valence-corrected chi connectivity index (χ2v) is 8.83. The molecule has 1 heterocycles. The molecule has 0 saturated carbocycles. The van der Waals surface area contributed by atoms with E-state index in [0.717, 1.165) is 16.8 Å². The SMILES string of the molecule is Cc1ccc(C2=C(Nc3ccc(C(C)C)cc3)C(=O)N(c3ccc(Cl)cc3C)C2=O)cc1. The number of halogens is 1. The van der Waals surface area contributed by atoms with Gasteiger partial charge >= 0.3 is 0 Å². The molecule has 0 saturated heterocycles. The van der Waals surface area contributed by atoms with Gasteiger partial charge in [-0.3, -0.25) is 9.59 Å². The average Bonchev–Trinajstić information content (AvgIpc) is 2.99. The summed E-state index contributed by atoms with van der Waals surface area (Å²) in [5.41, 5.74) is 5.65. The standard InChI is InChI=1S/C27H25ClN2O2/c1-16(2)19-9-12-22(13-10-19)29-25-24(20-7-5-17(3)6-8-20)26(31)30(27(25)32)23-14-11-21(28)15-18(23)4/h5-16,29H,1-4H3. The zero-order valence-electron chi connectivity index (χ0n) is 18.6. The van der Waals surface area contributed by atoms with Crippen molar-refractivity contribution in [3.8, 4) is 0 Å². The van der Waals surface area contributed by atoms with Crippen LogP contribution in [0.5, 0.6) is 0 Å². The summed E-state index contributed by atoms with van der Waals surface area (Å²) in [6.07, 6.45) is 0. The molecule has 4 nitrogen and oxygen atoms in total. The van der Waals surface area contributed by atoms with Crippen molar-refractivity contribution in [3.63, 3.8) is 0 Å². The second kappa shape index (κ2) is 8.64. The number of benzene rings is 3. The molecule has 1 aliphatic heterocycles. The third-order valence-electron chi connectivity index (χ3n) is 5.67. The summed E-state index contributed by atoms with van der Waals surface area (Å²) in [5.74, 6) is -0.334. The van der Waals surface area contributed by atoms with E-state index in [0.29, 0.717) is 27.8 Å². The highest BCUT2D eigenvalue weighted by atomic mass is 35.5. The molecular formula is C27H25ClN2O2. The minimum atomic E-state index is -0.385. The first-order valence-electron chi connectivity index (χ1n) is 10.6. The van der Waals surface area contributed by atoms with Gasteiger partial charge in [-0.2, -0.15) is 0 Å². The zero-order valence-corrected chi connectivity index (χ0v) is 19.3. The molecular weight excluding hydrogens is 420 g/mol. The Bertz CT molecular complexity index is 1230. The molecule has 3 aromatic carbocycles. The van der Waals surface area contributed by atoms with Crippen LogP contribution in [0.4, 0.5) is 11.4 Å². The second-order valence-electron chi connectivity index (χ2n) is 8.39. The van der Waals surface area contributed by atoms with Crippen molar-refractivity contribution in [2.24, 2.45) is 0 Å². The van der Waals surface area contributed by atoms with Gasteiger partial charge in [0.2, 0.25) is 0 Å². The van der Waals surface area contributed by atoms with Gasteiger partial charge in [0, 0.05) is 10.7 Å². The number of hydrogen-bond acceptors (Lipinski definition) is 3. The summed E-state index contributed by atoms with van der Waals surface area (Å²) in [7, 11) is 0. The Balaban J connectivity index is 1.80. The number of anilines is 2. The lowest BCUT2D eigenvalue weighted by atomic mass is 10.0. The van der Waals surface area contributed by atoms with E-state index in [-0.39, 0.29) is 17.5 Å². The van der Waals surface area contributed by atoms with Crippen LogP contribution in [-0.4, -0.2) is 11.8 Å². The van der Waals surface area contributed by atoms with Crippen molar-refractivity contribution in [1.82, 2.24) is 0 Å². The number of amides is 2. The number of hydrogen-bond donors (Lipinski definition) is 1. The van der Waals surface area contributed by atoms with Crippen LogP contribution >= 0.6 is 11.6 Å². The third kappa shape index (κ3) is 4.06. The van der Waals surface area contributed by atoms with Gasteiger partial charge in [-0.1, -0.05) is 67.4 Å². The lowest BCUT2D eigenvalue weighted by Crippen LogP contribution is -2.33. The van der Waals surface area contributed by atoms with Crippen LogP contribution in [0.3, 0.4) is 0 Å². The maximum absolute atomic E-state index is 13.6. The molecule has 0 fully saturated rings. The van der Waals surface area contributed by atoms with E-state index in [9.17, 15) is 9.59 Å². The molecule has 0 aliphatic carbocycles. The third-order valence-corrected chi connectivity index (χ3v) is 5.91. The number of carbonyl (C=O) groups excluding carboxylic acids is 2. The summed E-state index contributed by atoms with van der Waals surface area (Å²) in [6.45, 7) is 8.08. The Hall–Kier alpha value is -3.37. The normalized spacial score (nSPS) is 14.0. The molecule has 0 radical (unpaired) electrons. The summed E-state index contributed by atoms with van der Waals surface area (Å²) in [4.78, 5) is 28.3. The Morgan fingerprint density at radius 2 is 1.50 bits per heavy atom. The lowest BCUT2D eigenvalue weighted by Gasteiger charge is -2.18. The van der Waals surface area contributed by atoms with Crippen LogP contribution in [0.25, 0.3) is 5.57 Å². The molecule has 0 atom stereocenters. The molecule has 2 amide bonds. The van der Waals surface area contributed by atoms with E-state index in [2.05, 4.69) is 19.2 Å². The minimum absolute atomic E-state index is 0.269. The topological polar surface area (TPSA) is 49.4 Å². The number of imide groups is 1. The van der Waals surface area contributed by atoms with Crippen LogP contribution in [0.1, 0.15) is 42.0 Å². The van der Waals surface area contributed by atoms with E-state index >= 15 is 0 Å². The van der Waals surface area contributed by atoms with Crippen molar-refractivity contribution in [2.45, 2.75) is 33.6 Å². The molecule has 4 rings (SSSR count).